The third kappa shape index (κ3) is 1.99. The van der Waals surface area contributed by atoms with Gasteiger partial charge in [-0.2, -0.15) is 5.10 Å². The highest BCUT2D eigenvalue weighted by molar-refractivity contribution is 6.32. The Balaban J connectivity index is 2.07. The molecule has 0 aliphatic carbocycles. The number of benzene rings is 1. The molecule has 1 amide bonds. The van der Waals surface area contributed by atoms with Crippen LogP contribution in [-0.4, -0.2) is 15.7 Å². The van der Waals surface area contributed by atoms with Gasteiger partial charge in [0, 0.05) is 17.4 Å². The van der Waals surface area contributed by atoms with Crippen LogP contribution in [0.5, 0.6) is 0 Å². The van der Waals surface area contributed by atoms with Gasteiger partial charge < -0.3 is 11.1 Å². The molecule has 0 bridgehead atoms. The Morgan fingerprint density at radius 2 is 2.20 bits per heavy atom. The van der Waals surface area contributed by atoms with E-state index in [2.05, 4.69) is 24.3 Å². The van der Waals surface area contributed by atoms with Crippen molar-refractivity contribution in [3.05, 3.63) is 40.7 Å². The monoisotopic (exact) mass is 290 g/mol. The normalized spacial score (nSPS) is 17.4. The molecule has 1 aliphatic rings. The van der Waals surface area contributed by atoms with Gasteiger partial charge in [0.2, 0.25) is 5.91 Å². The van der Waals surface area contributed by atoms with Gasteiger partial charge in [-0.3, -0.25) is 4.79 Å². The zero-order valence-corrected chi connectivity index (χ0v) is 12.0. The van der Waals surface area contributed by atoms with E-state index in [9.17, 15) is 4.79 Å². The molecule has 1 aliphatic heterocycles. The topological polar surface area (TPSA) is 72.9 Å². The van der Waals surface area contributed by atoms with Crippen LogP contribution >= 0.6 is 11.6 Å². The van der Waals surface area contributed by atoms with E-state index in [1.54, 1.807) is 16.8 Å². The van der Waals surface area contributed by atoms with Gasteiger partial charge in [-0.25, -0.2) is 4.68 Å². The van der Waals surface area contributed by atoms with Gasteiger partial charge in [0.1, 0.15) is 6.04 Å². The van der Waals surface area contributed by atoms with Crippen LogP contribution in [0, 0.1) is 0 Å². The highest BCUT2D eigenvalue weighted by Gasteiger charge is 2.28. The minimum absolute atomic E-state index is 0.212. The molecule has 1 atom stereocenters. The van der Waals surface area contributed by atoms with E-state index in [1.807, 2.05) is 12.3 Å². The lowest BCUT2D eigenvalue weighted by molar-refractivity contribution is -0.116. The molecule has 0 saturated heterocycles. The summed E-state index contributed by atoms with van der Waals surface area (Å²) in [6.45, 7) is 4.16. The Labute approximate surface area is 121 Å². The predicted molar refractivity (Wildman–Crippen MR) is 78.2 cm³/mol. The van der Waals surface area contributed by atoms with Gasteiger partial charge in [0.05, 0.1) is 16.4 Å². The summed E-state index contributed by atoms with van der Waals surface area (Å²) in [6.07, 6.45) is 1.86. The van der Waals surface area contributed by atoms with Gasteiger partial charge in [-0.15, -0.1) is 0 Å². The van der Waals surface area contributed by atoms with Crippen LogP contribution in [-0.2, 0) is 4.79 Å². The number of nitrogens with two attached hydrogens (primary N) is 1. The zero-order chi connectivity index (χ0) is 14.4. The maximum absolute atomic E-state index is 11.6. The Hall–Kier alpha value is -1.85. The highest BCUT2D eigenvalue weighted by Crippen LogP contribution is 2.35. The Kier molecular flexibility index (Phi) is 3.03. The molecule has 1 aromatic heterocycles. The Morgan fingerprint density at radius 1 is 1.45 bits per heavy atom. The molecule has 0 fully saturated rings. The van der Waals surface area contributed by atoms with E-state index in [-0.39, 0.29) is 5.91 Å². The fraction of sp³-hybridized carbons (Fsp3) is 0.286. The number of amides is 1. The number of carbonyl (C=O) groups excluding carboxylic acids is 1. The number of nitrogens with zero attached hydrogens (tertiary/aromatic N) is 2. The molecule has 20 heavy (non-hydrogen) atoms. The molecule has 6 heteroatoms. The summed E-state index contributed by atoms with van der Waals surface area (Å²) in [6, 6.07) is 4.84. The van der Waals surface area contributed by atoms with Gasteiger partial charge in [-0.05, 0) is 24.1 Å². The molecule has 104 valence electrons. The van der Waals surface area contributed by atoms with E-state index in [0.717, 1.165) is 16.9 Å². The molecular weight excluding hydrogens is 276 g/mol. The molecule has 3 N–H and O–H groups in total. The first-order valence-electron chi connectivity index (χ1n) is 6.43. The van der Waals surface area contributed by atoms with Crippen LogP contribution in [0.1, 0.15) is 37.1 Å². The standard InChI is InChI=1S/C14H15ClN4O/c1-7(2)10-3-4-19(18-10)12-6-11-8(5-9(12)15)13(16)14(20)17-11/h3-7,13H,16H2,1-2H3,(H,17,20). The number of hydrogen-bond donors (Lipinski definition) is 2. The fourth-order valence-electron chi connectivity index (χ4n) is 2.25. The van der Waals surface area contributed by atoms with Crippen molar-refractivity contribution in [1.82, 2.24) is 9.78 Å². The highest BCUT2D eigenvalue weighted by atomic mass is 35.5. The first-order valence-corrected chi connectivity index (χ1v) is 6.81. The van der Waals surface area contributed by atoms with E-state index in [0.29, 0.717) is 16.6 Å². The maximum Gasteiger partial charge on any atom is 0.245 e. The second-order valence-electron chi connectivity index (χ2n) is 5.20. The minimum atomic E-state index is -0.652. The zero-order valence-electron chi connectivity index (χ0n) is 11.2. The molecule has 1 unspecified atom stereocenters. The minimum Gasteiger partial charge on any atom is -0.324 e. The van der Waals surface area contributed by atoms with Gasteiger partial charge in [0.25, 0.3) is 0 Å². The number of anilines is 1. The number of hydrogen-bond acceptors (Lipinski definition) is 3. The van der Waals surface area contributed by atoms with Crippen molar-refractivity contribution < 1.29 is 4.79 Å². The van der Waals surface area contributed by atoms with E-state index >= 15 is 0 Å². The van der Waals surface area contributed by atoms with Crippen LogP contribution in [0.2, 0.25) is 5.02 Å². The van der Waals surface area contributed by atoms with Crippen LogP contribution in [0.4, 0.5) is 5.69 Å². The maximum atomic E-state index is 11.6. The van der Waals surface area contributed by atoms with Crippen molar-refractivity contribution >= 4 is 23.2 Å². The second kappa shape index (κ2) is 4.61. The largest absolute Gasteiger partial charge is 0.324 e. The number of carbonyl (C=O) groups is 1. The lowest BCUT2D eigenvalue weighted by Crippen LogP contribution is -2.19. The summed E-state index contributed by atoms with van der Waals surface area (Å²) in [4.78, 5) is 11.6. The van der Waals surface area contributed by atoms with Crippen LogP contribution < -0.4 is 11.1 Å². The van der Waals surface area contributed by atoms with Crippen molar-refractivity contribution in [3.63, 3.8) is 0 Å². The number of nitrogens with one attached hydrogen (secondary N) is 1. The SMILES string of the molecule is CC(C)c1ccn(-c2cc3c(cc2Cl)C(N)C(=O)N3)n1. The molecule has 1 aromatic carbocycles. The summed E-state index contributed by atoms with van der Waals surface area (Å²) >= 11 is 6.29. The number of aromatic nitrogens is 2. The van der Waals surface area contributed by atoms with Crippen LogP contribution in [0.25, 0.3) is 5.69 Å². The Morgan fingerprint density at radius 3 is 2.85 bits per heavy atom. The van der Waals surface area contributed by atoms with Crippen molar-refractivity contribution in [2.75, 3.05) is 5.32 Å². The number of rotatable bonds is 2. The summed E-state index contributed by atoms with van der Waals surface area (Å²) in [5, 5.41) is 7.77. The van der Waals surface area contributed by atoms with Crippen molar-refractivity contribution in [2.24, 2.45) is 5.73 Å². The third-order valence-electron chi connectivity index (χ3n) is 3.44. The molecule has 0 radical (unpaired) electrons. The quantitative estimate of drug-likeness (QED) is 0.893. The fourth-order valence-corrected chi connectivity index (χ4v) is 2.51. The lowest BCUT2D eigenvalue weighted by Gasteiger charge is -2.09. The first kappa shape index (κ1) is 13.1. The van der Waals surface area contributed by atoms with Crippen molar-refractivity contribution in [1.29, 1.82) is 0 Å². The molecular formula is C14H15ClN4O. The smallest absolute Gasteiger partial charge is 0.245 e. The van der Waals surface area contributed by atoms with Gasteiger partial charge in [0.15, 0.2) is 0 Å². The summed E-state index contributed by atoms with van der Waals surface area (Å²) in [7, 11) is 0. The molecule has 0 saturated carbocycles. The molecule has 3 rings (SSSR count). The average Bonchev–Trinajstić information content (AvgIpc) is 2.97. The molecule has 5 nitrogen and oxygen atoms in total. The molecule has 2 heterocycles. The van der Waals surface area contributed by atoms with E-state index in [4.69, 9.17) is 17.3 Å². The molecule has 2 aromatic rings. The van der Waals surface area contributed by atoms with Gasteiger partial charge >= 0.3 is 0 Å². The Bertz CT molecular complexity index is 692. The molecule has 0 spiro atoms. The van der Waals surface area contributed by atoms with E-state index in [1.165, 1.54) is 0 Å². The summed E-state index contributed by atoms with van der Waals surface area (Å²) < 4.78 is 1.72. The summed E-state index contributed by atoms with van der Waals surface area (Å²) in [5.41, 5.74) is 8.93. The second-order valence-corrected chi connectivity index (χ2v) is 5.60. The van der Waals surface area contributed by atoms with E-state index < -0.39 is 6.04 Å². The summed E-state index contributed by atoms with van der Waals surface area (Å²) in [5.74, 6) is 0.133. The van der Waals surface area contributed by atoms with Crippen molar-refractivity contribution in [3.8, 4) is 5.69 Å². The number of halogens is 1. The predicted octanol–water partition coefficient (Wildman–Crippen LogP) is 2.60. The van der Waals surface area contributed by atoms with Crippen LogP contribution in [0.3, 0.4) is 0 Å². The average molecular weight is 291 g/mol. The lowest BCUT2D eigenvalue weighted by atomic mass is 10.1. The first-order chi connectivity index (χ1) is 9.47. The third-order valence-corrected chi connectivity index (χ3v) is 3.75. The number of fused-ring (bicyclic) bond motifs is 1. The van der Waals surface area contributed by atoms with Gasteiger partial charge in [-0.1, -0.05) is 25.4 Å². The van der Waals surface area contributed by atoms with Crippen molar-refractivity contribution in [2.45, 2.75) is 25.8 Å². The van der Waals surface area contributed by atoms with Crippen LogP contribution in [0.15, 0.2) is 24.4 Å².